The topological polar surface area (TPSA) is 21.3 Å². The van der Waals surface area contributed by atoms with Gasteiger partial charge < -0.3 is 10.1 Å². The van der Waals surface area contributed by atoms with E-state index in [-0.39, 0.29) is 0 Å². The van der Waals surface area contributed by atoms with Gasteiger partial charge in [-0.05, 0) is 24.5 Å². The van der Waals surface area contributed by atoms with Crippen molar-refractivity contribution in [2.75, 3.05) is 13.2 Å². The molecule has 0 aromatic heterocycles. The van der Waals surface area contributed by atoms with Crippen molar-refractivity contribution in [3.05, 3.63) is 35.4 Å². The molecule has 2 nitrogen and oxygen atoms in total. The number of benzene rings is 1. The summed E-state index contributed by atoms with van der Waals surface area (Å²) in [6.45, 7) is 4.62. The van der Waals surface area contributed by atoms with Crippen LogP contribution in [-0.4, -0.2) is 24.4 Å². The Morgan fingerprint density at radius 2 is 2.25 bits per heavy atom. The number of hydrogen-bond donors (Lipinski definition) is 2. The molecule has 3 heteroatoms. The van der Waals surface area contributed by atoms with Crippen molar-refractivity contribution in [2.45, 2.75) is 31.2 Å². The summed E-state index contributed by atoms with van der Waals surface area (Å²) in [5, 5.41) is 3.90. The van der Waals surface area contributed by atoms with Crippen LogP contribution in [0.4, 0.5) is 0 Å². The molecule has 1 N–H and O–H groups in total. The van der Waals surface area contributed by atoms with Crippen LogP contribution in [0.3, 0.4) is 0 Å². The monoisotopic (exact) mass is 237 g/mol. The second kappa shape index (κ2) is 5.71. The predicted molar refractivity (Wildman–Crippen MR) is 70.0 cm³/mol. The van der Waals surface area contributed by atoms with Gasteiger partial charge in [-0.1, -0.05) is 24.3 Å². The Morgan fingerprint density at radius 3 is 2.94 bits per heavy atom. The molecule has 1 aromatic carbocycles. The highest BCUT2D eigenvalue weighted by Gasteiger charge is 2.20. The van der Waals surface area contributed by atoms with Crippen molar-refractivity contribution in [1.29, 1.82) is 0 Å². The lowest BCUT2D eigenvalue weighted by Gasteiger charge is -2.11. The predicted octanol–water partition coefficient (Wildman–Crippen LogP) is 2.17. The summed E-state index contributed by atoms with van der Waals surface area (Å²) in [6.07, 6.45) is 1.11. The molecule has 16 heavy (non-hydrogen) atoms. The molecular formula is C13H19NOS. The number of rotatable bonds is 4. The Bertz CT molecular complexity index is 342. The van der Waals surface area contributed by atoms with Gasteiger partial charge >= 0.3 is 0 Å². The maximum atomic E-state index is 5.74. The molecule has 88 valence electrons. The normalized spacial score (nSPS) is 24.9. The first kappa shape index (κ1) is 12.0. The van der Waals surface area contributed by atoms with E-state index < -0.39 is 0 Å². The molecule has 1 aromatic rings. The molecule has 1 aliphatic heterocycles. The summed E-state index contributed by atoms with van der Waals surface area (Å²) < 4.78 is 5.74. The molecule has 0 amide bonds. The van der Waals surface area contributed by atoms with Gasteiger partial charge in [-0.3, -0.25) is 0 Å². The van der Waals surface area contributed by atoms with Gasteiger partial charge in [0, 0.05) is 17.8 Å². The summed E-state index contributed by atoms with van der Waals surface area (Å²) in [6, 6.07) is 8.84. The smallest absolute Gasteiger partial charge is 0.0720 e. The number of hydrogen-bond acceptors (Lipinski definition) is 3. The number of ether oxygens (including phenoxy) is 1. The highest BCUT2D eigenvalue weighted by molar-refractivity contribution is 7.81. The zero-order valence-electron chi connectivity index (χ0n) is 9.65. The minimum absolute atomic E-state index is 0.478. The van der Waals surface area contributed by atoms with Crippen molar-refractivity contribution in [3.8, 4) is 0 Å². The van der Waals surface area contributed by atoms with Crippen molar-refractivity contribution >= 4 is 12.6 Å². The molecule has 0 aliphatic carbocycles. The second-order valence-electron chi connectivity index (χ2n) is 4.44. The Balaban J connectivity index is 1.74. The van der Waals surface area contributed by atoms with Crippen LogP contribution in [0.1, 0.15) is 17.5 Å². The van der Waals surface area contributed by atoms with Gasteiger partial charge in [-0.15, -0.1) is 0 Å². The average molecular weight is 237 g/mol. The summed E-state index contributed by atoms with van der Waals surface area (Å²) in [5.41, 5.74) is 2.58. The van der Waals surface area contributed by atoms with Gasteiger partial charge in [0.2, 0.25) is 0 Å². The van der Waals surface area contributed by atoms with Crippen LogP contribution in [0.15, 0.2) is 24.3 Å². The summed E-state index contributed by atoms with van der Waals surface area (Å²) in [4.78, 5) is 0. The Labute approximate surface area is 103 Å². The third-order valence-electron chi connectivity index (χ3n) is 3.04. The van der Waals surface area contributed by atoms with Gasteiger partial charge in [-0.2, -0.15) is 12.6 Å². The number of thiol groups is 1. The van der Waals surface area contributed by atoms with E-state index in [1.165, 1.54) is 11.1 Å². The molecule has 0 spiro atoms. The molecule has 2 atom stereocenters. The van der Waals surface area contributed by atoms with Gasteiger partial charge in [0.05, 0.1) is 13.2 Å². The Morgan fingerprint density at radius 1 is 1.44 bits per heavy atom. The van der Waals surface area contributed by atoms with Crippen LogP contribution in [0, 0.1) is 6.92 Å². The van der Waals surface area contributed by atoms with Crippen molar-refractivity contribution < 1.29 is 4.74 Å². The van der Waals surface area contributed by atoms with Crippen LogP contribution in [0.25, 0.3) is 0 Å². The molecule has 1 aliphatic rings. The van der Waals surface area contributed by atoms with Crippen molar-refractivity contribution in [2.24, 2.45) is 0 Å². The maximum Gasteiger partial charge on any atom is 0.0720 e. The van der Waals surface area contributed by atoms with E-state index in [9.17, 15) is 0 Å². The molecule has 1 heterocycles. The third-order valence-corrected chi connectivity index (χ3v) is 3.43. The number of nitrogens with one attached hydrogen (secondary N) is 1. The van der Waals surface area contributed by atoms with Crippen LogP contribution in [0.2, 0.25) is 0 Å². The van der Waals surface area contributed by atoms with E-state index in [0.29, 0.717) is 17.9 Å². The van der Waals surface area contributed by atoms with E-state index >= 15 is 0 Å². The quantitative estimate of drug-likeness (QED) is 0.783. The average Bonchev–Trinajstić information content (AvgIpc) is 2.67. The first-order chi connectivity index (χ1) is 7.75. The highest BCUT2D eigenvalue weighted by Crippen LogP contribution is 2.13. The minimum Gasteiger partial charge on any atom is -0.375 e. The largest absolute Gasteiger partial charge is 0.375 e. The first-order valence-electron chi connectivity index (χ1n) is 5.79. The molecule has 0 radical (unpaired) electrons. The van der Waals surface area contributed by atoms with Gasteiger partial charge in [0.25, 0.3) is 0 Å². The Hall–Kier alpha value is -0.510. The molecule has 2 unspecified atom stereocenters. The highest BCUT2D eigenvalue weighted by atomic mass is 32.1. The molecule has 0 saturated carbocycles. The zero-order chi connectivity index (χ0) is 11.4. The maximum absolute atomic E-state index is 5.74. The van der Waals surface area contributed by atoms with E-state index in [0.717, 1.165) is 19.6 Å². The fourth-order valence-electron chi connectivity index (χ4n) is 2.01. The van der Waals surface area contributed by atoms with E-state index in [1.54, 1.807) is 0 Å². The SMILES string of the molecule is Cc1ccccc1COCC1CC(S)CN1. The van der Waals surface area contributed by atoms with Crippen LogP contribution in [0.5, 0.6) is 0 Å². The third kappa shape index (κ3) is 3.24. The number of aryl methyl sites for hydroxylation is 1. The van der Waals surface area contributed by atoms with E-state index in [1.807, 2.05) is 0 Å². The molecule has 1 fully saturated rings. The fourth-order valence-corrected chi connectivity index (χ4v) is 2.37. The van der Waals surface area contributed by atoms with E-state index in [4.69, 9.17) is 4.74 Å². The molecular weight excluding hydrogens is 218 g/mol. The van der Waals surface area contributed by atoms with Crippen LogP contribution in [-0.2, 0) is 11.3 Å². The molecule has 1 saturated heterocycles. The summed E-state index contributed by atoms with van der Waals surface area (Å²) >= 11 is 4.44. The van der Waals surface area contributed by atoms with Gasteiger partial charge in [0.15, 0.2) is 0 Å². The minimum atomic E-state index is 0.478. The lowest BCUT2D eigenvalue weighted by Crippen LogP contribution is -2.26. The molecule has 0 bridgehead atoms. The standard InChI is InChI=1S/C13H19NOS/c1-10-4-2-3-5-11(10)8-15-9-12-6-13(16)7-14-12/h2-5,12-14,16H,6-9H2,1H3. The zero-order valence-corrected chi connectivity index (χ0v) is 10.5. The second-order valence-corrected chi connectivity index (χ2v) is 5.17. The van der Waals surface area contributed by atoms with Gasteiger partial charge in [-0.25, -0.2) is 0 Å². The Kier molecular flexibility index (Phi) is 4.27. The van der Waals surface area contributed by atoms with Crippen molar-refractivity contribution in [3.63, 3.8) is 0 Å². The van der Waals surface area contributed by atoms with Crippen molar-refractivity contribution in [1.82, 2.24) is 5.32 Å². The molecule has 2 rings (SSSR count). The first-order valence-corrected chi connectivity index (χ1v) is 6.31. The van der Waals surface area contributed by atoms with Crippen LogP contribution >= 0.6 is 12.6 Å². The summed E-state index contributed by atoms with van der Waals surface area (Å²) in [5.74, 6) is 0. The fraction of sp³-hybridized carbons (Fsp3) is 0.538. The van der Waals surface area contributed by atoms with E-state index in [2.05, 4.69) is 49.1 Å². The lowest BCUT2D eigenvalue weighted by atomic mass is 10.1. The van der Waals surface area contributed by atoms with Crippen LogP contribution < -0.4 is 5.32 Å². The van der Waals surface area contributed by atoms with Gasteiger partial charge in [0.1, 0.15) is 0 Å². The lowest BCUT2D eigenvalue weighted by molar-refractivity contribution is 0.103. The summed E-state index contributed by atoms with van der Waals surface area (Å²) in [7, 11) is 0.